The van der Waals surface area contributed by atoms with Crippen molar-refractivity contribution in [2.75, 3.05) is 0 Å². The lowest BCUT2D eigenvalue weighted by Crippen LogP contribution is -1.85. The zero-order valence-corrected chi connectivity index (χ0v) is 14.3. The zero-order chi connectivity index (χ0) is 16.2. The molecule has 0 atom stereocenters. The Morgan fingerprint density at radius 3 is 2.57 bits per heavy atom. The van der Waals surface area contributed by atoms with Crippen LogP contribution in [-0.4, -0.2) is 5.16 Å². The summed E-state index contributed by atoms with van der Waals surface area (Å²) in [5.74, 6) is 6.34. The van der Waals surface area contributed by atoms with E-state index < -0.39 is 0 Å². The number of fused-ring (bicyclic) bond motifs is 1. The van der Waals surface area contributed by atoms with Crippen molar-refractivity contribution >= 4 is 40.7 Å². The first-order valence-corrected chi connectivity index (χ1v) is 8.20. The zero-order valence-electron chi connectivity index (χ0n) is 12.7. The third-order valence-electron chi connectivity index (χ3n) is 3.84. The van der Waals surface area contributed by atoms with Crippen molar-refractivity contribution in [3.05, 3.63) is 69.2 Å². The highest BCUT2D eigenvalue weighted by Crippen LogP contribution is 2.27. The smallest absolute Gasteiger partial charge is 0.0926 e. The Hall–Kier alpha value is -2.17. The van der Waals surface area contributed by atoms with Gasteiger partial charge in [0.25, 0.3) is 0 Å². The first kappa shape index (κ1) is 15.7. The second-order valence-electron chi connectivity index (χ2n) is 5.37. The maximum Gasteiger partial charge on any atom is 0.0926 e. The number of halogens is 1. The topological polar surface area (TPSA) is 12.4 Å². The first-order chi connectivity index (χ1) is 11.2. The van der Waals surface area contributed by atoms with E-state index in [1.54, 1.807) is 12.1 Å². The SMILES string of the molecule is CCC1=Cc2cc(C#Cc3ccc(N=C=S)c(Cl)c3)ccc2C1. The van der Waals surface area contributed by atoms with Crippen molar-refractivity contribution in [2.45, 2.75) is 19.8 Å². The molecule has 0 heterocycles. The minimum Gasteiger partial charge on any atom is -0.193 e. The van der Waals surface area contributed by atoms with Crippen LogP contribution in [0.5, 0.6) is 0 Å². The van der Waals surface area contributed by atoms with E-state index in [4.69, 9.17) is 11.6 Å². The van der Waals surface area contributed by atoms with Crippen LogP contribution in [0.4, 0.5) is 5.69 Å². The summed E-state index contributed by atoms with van der Waals surface area (Å²) in [7, 11) is 0. The van der Waals surface area contributed by atoms with Gasteiger partial charge in [0.1, 0.15) is 0 Å². The Kier molecular flexibility index (Phi) is 4.74. The molecule has 0 N–H and O–H groups in total. The van der Waals surface area contributed by atoms with Crippen molar-refractivity contribution < 1.29 is 0 Å². The fourth-order valence-electron chi connectivity index (χ4n) is 2.58. The van der Waals surface area contributed by atoms with Gasteiger partial charge in [0.05, 0.1) is 15.9 Å². The van der Waals surface area contributed by atoms with Gasteiger partial charge in [-0.15, -0.1) is 0 Å². The van der Waals surface area contributed by atoms with Crippen LogP contribution in [0.1, 0.15) is 35.6 Å². The summed E-state index contributed by atoms with van der Waals surface area (Å²) < 4.78 is 0. The van der Waals surface area contributed by atoms with E-state index in [9.17, 15) is 0 Å². The van der Waals surface area contributed by atoms with E-state index >= 15 is 0 Å². The van der Waals surface area contributed by atoms with E-state index in [2.05, 4.69) is 65.4 Å². The second kappa shape index (κ2) is 6.94. The van der Waals surface area contributed by atoms with Crippen molar-refractivity contribution in [1.82, 2.24) is 0 Å². The number of nitrogens with zero attached hydrogens (tertiary/aromatic N) is 1. The number of isothiocyanates is 1. The predicted octanol–water partition coefficient (Wildman–Crippen LogP) is 5.82. The molecule has 1 aliphatic rings. The highest BCUT2D eigenvalue weighted by Gasteiger charge is 2.10. The predicted molar refractivity (Wildman–Crippen MR) is 101 cm³/mol. The van der Waals surface area contributed by atoms with Crippen LogP contribution in [-0.2, 0) is 6.42 Å². The molecular weight excluding hydrogens is 322 g/mol. The van der Waals surface area contributed by atoms with E-state index in [-0.39, 0.29) is 0 Å². The monoisotopic (exact) mass is 335 g/mol. The summed E-state index contributed by atoms with van der Waals surface area (Å²) in [5, 5.41) is 2.84. The Labute approximate surface area is 146 Å². The van der Waals surface area contributed by atoms with Gasteiger partial charge in [0, 0.05) is 11.1 Å². The van der Waals surface area contributed by atoms with Gasteiger partial charge >= 0.3 is 0 Å². The quantitative estimate of drug-likeness (QED) is 0.382. The van der Waals surface area contributed by atoms with E-state index in [1.165, 1.54) is 16.7 Å². The molecule has 112 valence electrons. The molecule has 2 aromatic carbocycles. The van der Waals surface area contributed by atoms with E-state index in [0.717, 1.165) is 24.0 Å². The summed E-state index contributed by atoms with van der Waals surface area (Å²) in [6.07, 6.45) is 4.44. The number of thiocarbonyl (C=S) groups is 1. The average Bonchev–Trinajstić information content (AvgIpc) is 2.97. The number of allylic oxidation sites excluding steroid dienone is 1. The number of benzene rings is 2. The van der Waals surface area contributed by atoms with Gasteiger partial charge in [-0.05, 0) is 66.5 Å². The second-order valence-corrected chi connectivity index (χ2v) is 5.96. The molecule has 0 saturated heterocycles. The highest BCUT2D eigenvalue weighted by molar-refractivity contribution is 7.78. The lowest BCUT2D eigenvalue weighted by atomic mass is 10.1. The average molecular weight is 336 g/mol. The van der Waals surface area contributed by atoms with Crippen molar-refractivity contribution in [3.63, 3.8) is 0 Å². The lowest BCUT2D eigenvalue weighted by Gasteiger charge is -1.99. The minimum atomic E-state index is 0.527. The van der Waals surface area contributed by atoms with E-state index in [0.29, 0.717) is 10.7 Å². The molecule has 0 fully saturated rings. The molecule has 23 heavy (non-hydrogen) atoms. The van der Waals surface area contributed by atoms with Crippen molar-refractivity contribution in [2.24, 2.45) is 4.99 Å². The maximum atomic E-state index is 6.14. The minimum absolute atomic E-state index is 0.527. The standard InChI is InChI=1S/C20H14ClNS/c1-2-14-9-17-7-5-15(11-18(17)10-14)3-4-16-6-8-20(22-13-23)19(21)12-16/h5-8,10-12H,2,9H2,1H3. The molecule has 0 amide bonds. The molecule has 0 aromatic heterocycles. The number of rotatable bonds is 2. The molecule has 0 unspecified atom stereocenters. The highest BCUT2D eigenvalue weighted by atomic mass is 35.5. The molecular formula is C20H14ClNS. The Morgan fingerprint density at radius 2 is 1.87 bits per heavy atom. The van der Waals surface area contributed by atoms with Gasteiger partial charge in [-0.3, -0.25) is 0 Å². The Bertz CT molecular complexity index is 909. The van der Waals surface area contributed by atoms with Crippen LogP contribution < -0.4 is 0 Å². The van der Waals surface area contributed by atoms with Gasteiger partial charge < -0.3 is 0 Å². The van der Waals surface area contributed by atoms with Crippen LogP contribution in [0.25, 0.3) is 6.08 Å². The van der Waals surface area contributed by atoms with Crippen LogP contribution in [0.2, 0.25) is 5.02 Å². The summed E-state index contributed by atoms with van der Waals surface area (Å²) in [5.41, 5.74) is 6.63. The normalized spacial score (nSPS) is 11.8. The third-order valence-corrected chi connectivity index (χ3v) is 4.24. The Balaban J connectivity index is 1.87. The van der Waals surface area contributed by atoms with Crippen LogP contribution in [0.3, 0.4) is 0 Å². The molecule has 2 aromatic rings. The number of aliphatic imine (C=N–C) groups is 1. The summed E-state index contributed by atoms with van der Waals surface area (Å²) in [4.78, 5) is 3.90. The molecule has 3 rings (SSSR count). The fraction of sp³-hybridized carbons (Fsp3) is 0.150. The fourth-order valence-corrected chi connectivity index (χ4v) is 2.90. The van der Waals surface area contributed by atoms with Gasteiger partial charge in [-0.2, -0.15) is 4.99 Å². The van der Waals surface area contributed by atoms with Crippen molar-refractivity contribution in [1.29, 1.82) is 0 Å². The summed E-state index contributed by atoms with van der Waals surface area (Å²) in [6.45, 7) is 2.19. The van der Waals surface area contributed by atoms with Gasteiger partial charge in [0.2, 0.25) is 0 Å². The largest absolute Gasteiger partial charge is 0.193 e. The number of hydrogen-bond donors (Lipinski definition) is 0. The van der Waals surface area contributed by atoms with Crippen LogP contribution in [0, 0.1) is 11.8 Å². The first-order valence-electron chi connectivity index (χ1n) is 7.41. The molecule has 0 spiro atoms. The van der Waals surface area contributed by atoms with E-state index in [1.807, 2.05) is 6.07 Å². The third kappa shape index (κ3) is 3.60. The van der Waals surface area contributed by atoms with Crippen LogP contribution >= 0.6 is 23.8 Å². The molecule has 0 aliphatic heterocycles. The Morgan fingerprint density at radius 1 is 1.13 bits per heavy atom. The number of hydrogen-bond acceptors (Lipinski definition) is 2. The molecule has 0 saturated carbocycles. The summed E-state index contributed by atoms with van der Waals surface area (Å²) >= 11 is 10.7. The van der Waals surface area contributed by atoms with Gasteiger partial charge in [-0.25, -0.2) is 0 Å². The summed E-state index contributed by atoms with van der Waals surface area (Å²) in [6, 6.07) is 11.9. The maximum absolute atomic E-state index is 6.14. The molecule has 1 nitrogen and oxygen atoms in total. The lowest BCUT2D eigenvalue weighted by molar-refractivity contribution is 1.04. The van der Waals surface area contributed by atoms with Crippen LogP contribution in [0.15, 0.2) is 47.0 Å². The molecule has 3 heteroatoms. The molecule has 0 radical (unpaired) electrons. The van der Waals surface area contributed by atoms with Crippen molar-refractivity contribution in [3.8, 4) is 11.8 Å². The molecule has 0 bridgehead atoms. The van der Waals surface area contributed by atoms with Gasteiger partial charge in [0.15, 0.2) is 0 Å². The van der Waals surface area contributed by atoms with Gasteiger partial charge in [-0.1, -0.05) is 48.1 Å². The molecule has 1 aliphatic carbocycles.